The SMILES string of the molecule is Cc1cccc(NC(=O)[C@H]2CCCN(S(=O)(=O)c3ccccc3)C2)c1C. The molecule has 1 amide bonds. The number of carbonyl (C=O) groups excluding carboxylic acids is 1. The highest BCUT2D eigenvalue weighted by atomic mass is 32.2. The average molecular weight is 372 g/mol. The van der Waals surface area contributed by atoms with E-state index in [0.717, 1.165) is 16.8 Å². The van der Waals surface area contributed by atoms with Gasteiger partial charge in [0.2, 0.25) is 15.9 Å². The van der Waals surface area contributed by atoms with Crippen LogP contribution in [0.1, 0.15) is 24.0 Å². The molecule has 1 aliphatic heterocycles. The van der Waals surface area contributed by atoms with E-state index in [0.29, 0.717) is 19.4 Å². The second-order valence-corrected chi connectivity index (χ2v) is 8.69. The van der Waals surface area contributed by atoms with Gasteiger partial charge in [-0.1, -0.05) is 30.3 Å². The standard InChI is InChI=1S/C20H24N2O3S/c1-15-8-6-12-19(16(15)2)21-20(23)17-9-7-13-22(14-17)26(24,25)18-10-4-3-5-11-18/h3-6,8,10-12,17H,7,9,13-14H2,1-2H3,(H,21,23)/t17-/m0/s1. The quantitative estimate of drug-likeness (QED) is 0.895. The van der Waals surface area contributed by atoms with Crippen LogP contribution in [0.15, 0.2) is 53.4 Å². The summed E-state index contributed by atoms with van der Waals surface area (Å²) in [6.07, 6.45) is 1.37. The summed E-state index contributed by atoms with van der Waals surface area (Å²) in [7, 11) is -3.56. The molecule has 1 saturated heterocycles. The van der Waals surface area contributed by atoms with Crippen molar-refractivity contribution in [3.8, 4) is 0 Å². The van der Waals surface area contributed by atoms with E-state index in [2.05, 4.69) is 5.32 Å². The molecule has 1 aliphatic rings. The number of hydrogen-bond acceptors (Lipinski definition) is 3. The number of nitrogens with zero attached hydrogens (tertiary/aromatic N) is 1. The number of rotatable bonds is 4. The monoisotopic (exact) mass is 372 g/mol. The Bertz CT molecular complexity index is 895. The average Bonchev–Trinajstić information content (AvgIpc) is 2.66. The Morgan fingerprint density at radius 1 is 1.08 bits per heavy atom. The molecule has 5 nitrogen and oxygen atoms in total. The molecule has 138 valence electrons. The second kappa shape index (κ2) is 7.60. The van der Waals surface area contributed by atoms with E-state index < -0.39 is 10.0 Å². The van der Waals surface area contributed by atoms with Crippen molar-refractivity contribution in [2.24, 2.45) is 5.92 Å². The molecule has 0 radical (unpaired) electrons. The molecule has 0 saturated carbocycles. The highest BCUT2D eigenvalue weighted by Crippen LogP contribution is 2.25. The third-order valence-electron chi connectivity index (χ3n) is 5.00. The molecule has 0 spiro atoms. The first kappa shape index (κ1) is 18.6. The Hall–Kier alpha value is -2.18. The molecule has 26 heavy (non-hydrogen) atoms. The summed E-state index contributed by atoms with van der Waals surface area (Å²) in [5, 5.41) is 2.97. The maximum absolute atomic E-state index is 12.8. The summed E-state index contributed by atoms with van der Waals surface area (Å²) in [5.74, 6) is -0.464. The third kappa shape index (κ3) is 3.81. The molecule has 0 bridgehead atoms. The Labute approximate surface area is 155 Å². The Morgan fingerprint density at radius 3 is 2.54 bits per heavy atom. The third-order valence-corrected chi connectivity index (χ3v) is 6.88. The predicted octanol–water partition coefficient (Wildman–Crippen LogP) is 3.34. The van der Waals surface area contributed by atoms with E-state index in [1.807, 2.05) is 32.0 Å². The predicted molar refractivity (Wildman–Crippen MR) is 102 cm³/mol. The molecule has 2 aromatic carbocycles. The number of piperidine rings is 1. The zero-order valence-corrected chi connectivity index (χ0v) is 15.9. The maximum atomic E-state index is 12.8. The number of benzene rings is 2. The van der Waals surface area contributed by atoms with Gasteiger partial charge in [-0.15, -0.1) is 0 Å². The lowest BCUT2D eigenvalue weighted by molar-refractivity contribution is -0.120. The highest BCUT2D eigenvalue weighted by Gasteiger charge is 2.33. The Kier molecular flexibility index (Phi) is 5.44. The van der Waals surface area contributed by atoms with Crippen LogP contribution >= 0.6 is 0 Å². The van der Waals surface area contributed by atoms with Gasteiger partial charge in [-0.25, -0.2) is 8.42 Å². The van der Waals surface area contributed by atoms with Gasteiger partial charge < -0.3 is 5.32 Å². The number of carbonyl (C=O) groups is 1. The van der Waals surface area contributed by atoms with Crippen molar-refractivity contribution in [3.63, 3.8) is 0 Å². The van der Waals surface area contributed by atoms with Gasteiger partial charge in [0.25, 0.3) is 0 Å². The number of amides is 1. The number of aryl methyl sites for hydroxylation is 1. The van der Waals surface area contributed by atoms with Crippen molar-refractivity contribution in [2.45, 2.75) is 31.6 Å². The number of anilines is 1. The van der Waals surface area contributed by atoms with E-state index in [9.17, 15) is 13.2 Å². The first-order chi connectivity index (χ1) is 12.4. The summed E-state index contributed by atoms with van der Waals surface area (Å²) >= 11 is 0. The summed E-state index contributed by atoms with van der Waals surface area (Å²) in [6, 6.07) is 14.2. The number of hydrogen-bond donors (Lipinski definition) is 1. The van der Waals surface area contributed by atoms with Gasteiger partial charge in [0.15, 0.2) is 0 Å². The zero-order valence-electron chi connectivity index (χ0n) is 15.1. The molecular weight excluding hydrogens is 348 g/mol. The van der Waals surface area contributed by atoms with Gasteiger partial charge in [0.05, 0.1) is 10.8 Å². The largest absolute Gasteiger partial charge is 0.326 e. The molecule has 1 N–H and O–H groups in total. The van der Waals surface area contributed by atoms with Crippen LogP contribution < -0.4 is 5.32 Å². The van der Waals surface area contributed by atoms with Gasteiger partial charge in [-0.05, 0) is 56.0 Å². The van der Waals surface area contributed by atoms with Crippen LogP contribution in [0.4, 0.5) is 5.69 Å². The minimum absolute atomic E-state index is 0.119. The molecule has 0 aliphatic carbocycles. The fourth-order valence-electron chi connectivity index (χ4n) is 3.24. The van der Waals surface area contributed by atoms with Crippen LogP contribution in [0, 0.1) is 19.8 Å². The normalized spacial score (nSPS) is 18.5. The van der Waals surface area contributed by atoms with Gasteiger partial charge in [0.1, 0.15) is 0 Å². The Balaban J connectivity index is 1.74. The number of sulfonamides is 1. The maximum Gasteiger partial charge on any atom is 0.243 e. The van der Waals surface area contributed by atoms with E-state index in [4.69, 9.17) is 0 Å². The molecular formula is C20H24N2O3S. The Morgan fingerprint density at radius 2 is 1.81 bits per heavy atom. The molecule has 0 unspecified atom stereocenters. The molecule has 3 rings (SSSR count). The fourth-order valence-corrected chi connectivity index (χ4v) is 4.78. The van der Waals surface area contributed by atoms with Crippen molar-refractivity contribution in [2.75, 3.05) is 18.4 Å². The van der Waals surface area contributed by atoms with Crippen LogP contribution in [0.25, 0.3) is 0 Å². The van der Waals surface area contributed by atoms with Crippen molar-refractivity contribution < 1.29 is 13.2 Å². The highest BCUT2D eigenvalue weighted by molar-refractivity contribution is 7.89. The summed E-state index contributed by atoms with van der Waals surface area (Å²) in [5.41, 5.74) is 2.93. The van der Waals surface area contributed by atoms with Gasteiger partial charge >= 0.3 is 0 Å². The molecule has 1 heterocycles. The first-order valence-electron chi connectivity index (χ1n) is 8.82. The minimum Gasteiger partial charge on any atom is -0.326 e. The minimum atomic E-state index is -3.56. The first-order valence-corrected chi connectivity index (χ1v) is 10.3. The van der Waals surface area contributed by atoms with Crippen molar-refractivity contribution in [1.29, 1.82) is 0 Å². The van der Waals surface area contributed by atoms with Crippen molar-refractivity contribution in [3.05, 3.63) is 59.7 Å². The topological polar surface area (TPSA) is 66.5 Å². The molecule has 1 fully saturated rings. The summed E-state index contributed by atoms with van der Waals surface area (Å²) < 4.78 is 27.0. The molecule has 2 aromatic rings. The fraction of sp³-hybridized carbons (Fsp3) is 0.350. The van der Waals surface area contributed by atoms with Crippen LogP contribution in [-0.2, 0) is 14.8 Å². The van der Waals surface area contributed by atoms with E-state index in [1.54, 1.807) is 30.3 Å². The summed E-state index contributed by atoms with van der Waals surface area (Å²) in [4.78, 5) is 13.0. The van der Waals surface area contributed by atoms with E-state index in [1.165, 1.54) is 4.31 Å². The number of nitrogens with one attached hydrogen (secondary N) is 1. The van der Waals surface area contributed by atoms with Gasteiger partial charge in [0, 0.05) is 18.8 Å². The summed E-state index contributed by atoms with van der Waals surface area (Å²) in [6.45, 7) is 4.64. The smallest absolute Gasteiger partial charge is 0.243 e. The lowest BCUT2D eigenvalue weighted by Gasteiger charge is -2.31. The van der Waals surface area contributed by atoms with Gasteiger partial charge in [-0.2, -0.15) is 4.31 Å². The lowest BCUT2D eigenvalue weighted by Crippen LogP contribution is -2.43. The molecule has 0 aromatic heterocycles. The van der Waals surface area contributed by atoms with E-state index >= 15 is 0 Å². The van der Waals surface area contributed by atoms with Crippen LogP contribution in [0.2, 0.25) is 0 Å². The zero-order chi connectivity index (χ0) is 18.7. The lowest BCUT2D eigenvalue weighted by atomic mass is 9.98. The van der Waals surface area contributed by atoms with Crippen LogP contribution in [-0.4, -0.2) is 31.7 Å². The van der Waals surface area contributed by atoms with Gasteiger partial charge in [-0.3, -0.25) is 4.79 Å². The van der Waals surface area contributed by atoms with Crippen LogP contribution in [0.5, 0.6) is 0 Å². The van der Waals surface area contributed by atoms with Crippen LogP contribution in [0.3, 0.4) is 0 Å². The second-order valence-electron chi connectivity index (χ2n) is 6.75. The van der Waals surface area contributed by atoms with Crippen molar-refractivity contribution in [1.82, 2.24) is 4.31 Å². The molecule has 1 atom stereocenters. The molecule has 6 heteroatoms. The van der Waals surface area contributed by atoms with Crippen molar-refractivity contribution >= 4 is 21.6 Å². The van der Waals surface area contributed by atoms with E-state index in [-0.39, 0.29) is 23.3 Å².